The number of nitrogens with zero attached hydrogens (tertiary/aromatic N) is 2. The Balaban J connectivity index is 1.32. The van der Waals surface area contributed by atoms with E-state index in [9.17, 15) is 4.79 Å². The van der Waals surface area contributed by atoms with Gasteiger partial charge in [0.2, 0.25) is 0 Å². The van der Waals surface area contributed by atoms with Crippen molar-refractivity contribution in [1.29, 1.82) is 0 Å². The Morgan fingerprint density at radius 2 is 1.56 bits per heavy atom. The number of carbonyl (C=O) groups excluding carboxylic acids is 1. The van der Waals surface area contributed by atoms with Gasteiger partial charge in [0.05, 0.1) is 24.4 Å². The molecule has 0 bridgehead atoms. The van der Waals surface area contributed by atoms with Crippen molar-refractivity contribution in [1.82, 2.24) is 9.55 Å². The number of fused-ring (bicyclic) bond motifs is 3. The average Bonchev–Trinajstić information content (AvgIpc) is 3.52. The number of aryl methyl sites for hydroxylation is 1. The molecule has 6 heteroatoms. The van der Waals surface area contributed by atoms with Gasteiger partial charge in [-0.1, -0.05) is 83.9 Å². The molecule has 4 nitrogen and oxygen atoms in total. The molecular formula is C35H28Cl2N2O2. The highest BCUT2D eigenvalue weighted by Crippen LogP contribution is 2.44. The molecule has 0 aliphatic heterocycles. The molecule has 0 saturated carbocycles. The highest BCUT2D eigenvalue weighted by atomic mass is 35.5. The molecule has 0 radical (unpaired) electrons. The summed E-state index contributed by atoms with van der Waals surface area (Å²) in [5.74, 6) is 1.67. The molecule has 204 valence electrons. The van der Waals surface area contributed by atoms with Crippen molar-refractivity contribution in [3.63, 3.8) is 0 Å². The topological polar surface area (TPSA) is 44.1 Å². The minimum atomic E-state index is 0.144. The number of rotatable bonds is 9. The molecule has 0 saturated heterocycles. The summed E-state index contributed by atoms with van der Waals surface area (Å²) in [4.78, 5) is 18.2. The highest BCUT2D eigenvalue weighted by Gasteiger charge is 2.24. The molecule has 1 aliphatic rings. The molecular weight excluding hydrogens is 551 g/mol. The van der Waals surface area contributed by atoms with E-state index >= 15 is 0 Å². The number of methoxy groups -OCH3 is 1. The first kappa shape index (κ1) is 27.1. The Bertz CT molecular complexity index is 1740. The summed E-state index contributed by atoms with van der Waals surface area (Å²) in [5, 5.41) is 1.08. The zero-order valence-corrected chi connectivity index (χ0v) is 24.1. The number of ketones is 1. The number of Topliss-reactive ketones (excluding diaryl/α,β-unsaturated/α-hetero) is 1. The van der Waals surface area contributed by atoms with Crippen LogP contribution >= 0.6 is 23.2 Å². The largest absolute Gasteiger partial charge is 0.497 e. The molecule has 1 aliphatic carbocycles. The summed E-state index contributed by atoms with van der Waals surface area (Å²) in [6.07, 6.45) is 6.03. The van der Waals surface area contributed by atoms with Gasteiger partial charge in [0, 0.05) is 23.2 Å². The molecule has 0 N–H and O–H groups in total. The van der Waals surface area contributed by atoms with E-state index in [0.717, 1.165) is 46.4 Å². The fourth-order valence-corrected chi connectivity index (χ4v) is 5.93. The van der Waals surface area contributed by atoms with Crippen molar-refractivity contribution < 1.29 is 9.53 Å². The number of benzene rings is 4. The Morgan fingerprint density at radius 3 is 2.24 bits per heavy atom. The summed E-state index contributed by atoms with van der Waals surface area (Å²) in [7, 11) is 1.66. The summed E-state index contributed by atoms with van der Waals surface area (Å²) in [6, 6.07) is 30.1. The van der Waals surface area contributed by atoms with E-state index < -0.39 is 0 Å². The van der Waals surface area contributed by atoms with Crippen LogP contribution in [-0.4, -0.2) is 22.4 Å². The Kier molecular flexibility index (Phi) is 7.78. The lowest BCUT2D eigenvalue weighted by atomic mass is 10.0. The monoisotopic (exact) mass is 578 g/mol. The number of aromatic nitrogens is 2. The molecule has 5 aromatic rings. The summed E-state index contributed by atoms with van der Waals surface area (Å²) in [6.45, 7) is 0.221. The van der Waals surface area contributed by atoms with Gasteiger partial charge in [-0.15, -0.1) is 0 Å². The number of hydrogen-bond acceptors (Lipinski definition) is 3. The van der Waals surface area contributed by atoms with Gasteiger partial charge < -0.3 is 9.30 Å². The summed E-state index contributed by atoms with van der Waals surface area (Å²) in [5.41, 5.74) is 8.40. The van der Waals surface area contributed by atoms with Gasteiger partial charge in [0.15, 0.2) is 5.78 Å². The fourth-order valence-electron chi connectivity index (χ4n) is 5.42. The molecule has 1 aromatic heterocycles. The Labute approximate surface area is 249 Å². The standard InChI is InChI=1S/C35H28Cl2N2O2/c1-41-26-11-7-9-23(18-26)8-6-10-25(40)21-39-22-34(31-17-16-24(36)19-33(31)37)38-35(39)20-32-29-14-4-2-12-27(29)28-13-3-5-15-30(28)32/h2-5,7,9,11-20,22H,6,8,10,21H2,1H3. The van der Waals surface area contributed by atoms with Crippen molar-refractivity contribution in [2.45, 2.75) is 25.8 Å². The van der Waals surface area contributed by atoms with E-state index in [1.54, 1.807) is 19.2 Å². The first-order chi connectivity index (χ1) is 20.0. The molecule has 4 aromatic carbocycles. The van der Waals surface area contributed by atoms with E-state index in [-0.39, 0.29) is 12.3 Å². The SMILES string of the molecule is COc1cccc(CCCC(=O)Cn2cc(-c3ccc(Cl)cc3Cl)nc2C=C2c3ccccc3-c3ccccc32)c1. The van der Waals surface area contributed by atoms with Gasteiger partial charge in [0.1, 0.15) is 11.6 Å². The van der Waals surface area contributed by atoms with E-state index in [0.29, 0.717) is 28.0 Å². The van der Waals surface area contributed by atoms with Gasteiger partial charge in [-0.3, -0.25) is 4.79 Å². The normalized spacial score (nSPS) is 11.7. The maximum atomic E-state index is 13.2. The van der Waals surface area contributed by atoms with E-state index in [2.05, 4.69) is 60.7 Å². The van der Waals surface area contributed by atoms with E-state index in [1.165, 1.54) is 11.1 Å². The number of hydrogen-bond donors (Lipinski definition) is 0. The highest BCUT2D eigenvalue weighted by molar-refractivity contribution is 6.36. The second-order valence-electron chi connectivity index (χ2n) is 10.1. The van der Waals surface area contributed by atoms with Crippen molar-refractivity contribution in [3.8, 4) is 28.1 Å². The third kappa shape index (κ3) is 5.72. The van der Waals surface area contributed by atoms with Crippen LogP contribution < -0.4 is 4.74 Å². The van der Waals surface area contributed by atoms with E-state index in [4.69, 9.17) is 32.9 Å². The van der Waals surface area contributed by atoms with Crippen LogP contribution in [0.2, 0.25) is 10.0 Å². The molecule has 0 unspecified atom stereocenters. The van der Waals surface area contributed by atoms with Gasteiger partial charge >= 0.3 is 0 Å². The first-order valence-electron chi connectivity index (χ1n) is 13.6. The van der Waals surface area contributed by atoms with Crippen LogP contribution in [0.3, 0.4) is 0 Å². The van der Waals surface area contributed by atoms with Crippen LogP contribution in [0.25, 0.3) is 34.0 Å². The van der Waals surface area contributed by atoms with Crippen LogP contribution in [-0.2, 0) is 17.8 Å². The molecule has 6 rings (SSSR count). The Morgan fingerprint density at radius 1 is 0.854 bits per heavy atom. The smallest absolute Gasteiger partial charge is 0.152 e. The van der Waals surface area contributed by atoms with Gasteiger partial charge in [-0.25, -0.2) is 4.98 Å². The van der Waals surface area contributed by atoms with Crippen molar-refractivity contribution in [2.24, 2.45) is 0 Å². The summed E-state index contributed by atoms with van der Waals surface area (Å²) < 4.78 is 7.26. The molecule has 1 heterocycles. The predicted octanol–water partition coefficient (Wildman–Crippen LogP) is 9.03. The van der Waals surface area contributed by atoms with Gasteiger partial charge in [0.25, 0.3) is 0 Å². The predicted molar refractivity (Wildman–Crippen MR) is 167 cm³/mol. The number of imidazole rings is 1. The zero-order valence-electron chi connectivity index (χ0n) is 22.6. The van der Waals surface area contributed by atoms with Crippen LogP contribution in [0, 0.1) is 0 Å². The average molecular weight is 580 g/mol. The lowest BCUT2D eigenvalue weighted by Gasteiger charge is -2.08. The number of halogens is 2. The zero-order chi connectivity index (χ0) is 28.3. The molecule has 0 amide bonds. The molecule has 0 fully saturated rings. The molecule has 0 atom stereocenters. The third-order valence-electron chi connectivity index (χ3n) is 7.41. The van der Waals surface area contributed by atoms with Gasteiger partial charge in [-0.2, -0.15) is 0 Å². The quantitative estimate of drug-likeness (QED) is 0.172. The Hall–Kier alpha value is -4.12. The number of ether oxygens (including phenoxy) is 1. The maximum Gasteiger partial charge on any atom is 0.152 e. The van der Waals surface area contributed by atoms with Crippen molar-refractivity contribution in [2.75, 3.05) is 7.11 Å². The van der Waals surface area contributed by atoms with Crippen LogP contribution in [0.1, 0.15) is 35.4 Å². The van der Waals surface area contributed by atoms with Crippen LogP contribution in [0.15, 0.2) is 97.2 Å². The first-order valence-corrected chi connectivity index (χ1v) is 14.3. The van der Waals surface area contributed by atoms with E-state index in [1.807, 2.05) is 35.0 Å². The second kappa shape index (κ2) is 11.8. The van der Waals surface area contributed by atoms with Crippen LogP contribution in [0.4, 0.5) is 0 Å². The van der Waals surface area contributed by atoms with Crippen molar-refractivity contribution >= 4 is 40.6 Å². The number of carbonyl (C=O) groups is 1. The van der Waals surface area contributed by atoms with Crippen LogP contribution in [0.5, 0.6) is 5.75 Å². The van der Waals surface area contributed by atoms with Gasteiger partial charge in [-0.05, 0) is 82.6 Å². The molecule has 0 spiro atoms. The third-order valence-corrected chi connectivity index (χ3v) is 7.96. The van der Waals surface area contributed by atoms with Crippen molar-refractivity contribution in [3.05, 3.63) is 130 Å². The lowest BCUT2D eigenvalue weighted by molar-refractivity contribution is -0.119. The summed E-state index contributed by atoms with van der Waals surface area (Å²) >= 11 is 12.7. The minimum absolute atomic E-state index is 0.144. The fraction of sp³-hybridized carbons (Fsp3) is 0.143. The second-order valence-corrected chi connectivity index (χ2v) is 11.0. The maximum absolute atomic E-state index is 13.2. The minimum Gasteiger partial charge on any atom is -0.497 e. The lowest BCUT2D eigenvalue weighted by Crippen LogP contribution is -2.11. The molecule has 41 heavy (non-hydrogen) atoms.